The molecule has 0 bridgehead atoms. The first-order chi connectivity index (χ1) is 16.3. The fraction of sp³-hybridized carbons (Fsp3) is 0.290. The summed E-state index contributed by atoms with van der Waals surface area (Å²) in [4.78, 5) is 10.2. The van der Waals surface area contributed by atoms with Gasteiger partial charge in [0.2, 0.25) is 0 Å². The third kappa shape index (κ3) is 4.75. The summed E-state index contributed by atoms with van der Waals surface area (Å²) >= 11 is 0. The summed E-state index contributed by atoms with van der Waals surface area (Å²) in [6.45, 7) is 15.3. The van der Waals surface area contributed by atoms with Crippen molar-refractivity contribution in [2.24, 2.45) is 4.99 Å². The quantitative estimate of drug-likeness (QED) is 0.298. The SMILES string of the molecule is C/C(=N\c1c(C(C)C)cccc1C(C)C)c1ccc2cccc(Nc3c(C)cccc3C)c2n1. The molecule has 174 valence electrons. The van der Waals surface area contributed by atoms with Gasteiger partial charge in [0, 0.05) is 11.1 Å². The van der Waals surface area contributed by atoms with Crippen molar-refractivity contribution < 1.29 is 0 Å². The van der Waals surface area contributed by atoms with Crippen LogP contribution >= 0.6 is 0 Å². The fourth-order valence-corrected chi connectivity index (χ4v) is 4.46. The topological polar surface area (TPSA) is 37.3 Å². The second-order valence-corrected chi connectivity index (χ2v) is 9.76. The zero-order chi connectivity index (χ0) is 24.4. The number of aryl methyl sites for hydroxylation is 2. The molecule has 3 nitrogen and oxygen atoms in total. The molecule has 0 atom stereocenters. The Labute approximate surface area is 204 Å². The van der Waals surface area contributed by atoms with E-state index < -0.39 is 0 Å². The first kappa shape index (κ1) is 23.7. The van der Waals surface area contributed by atoms with Crippen LogP contribution in [0.25, 0.3) is 10.9 Å². The third-order valence-corrected chi connectivity index (χ3v) is 6.45. The normalized spacial score (nSPS) is 12.1. The predicted octanol–water partition coefficient (Wildman–Crippen LogP) is 8.98. The Morgan fingerprint density at radius 2 is 1.35 bits per heavy atom. The van der Waals surface area contributed by atoms with Crippen LogP contribution in [0.3, 0.4) is 0 Å². The largest absolute Gasteiger partial charge is 0.353 e. The van der Waals surface area contributed by atoms with E-state index >= 15 is 0 Å². The molecule has 0 aliphatic rings. The van der Waals surface area contributed by atoms with E-state index in [9.17, 15) is 0 Å². The van der Waals surface area contributed by atoms with E-state index in [1.807, 2.05) is 0 Å². The van der Waals surface area contributed by atoms with E-state index in [0.717, 1.165) is 39.4 Å². The van der Waals surface area contributed by atoms with Crippen LogP contribution in [0.2, 0.25) is 0 Å². The van der Waals surface area contributed by atoms with E-state index in [-0.39, 0.29) is 0 Å². The molecular weight excluding hydrogens is 414 g/mol. The molecular formula is C31H35N3. The first-order valence-corrected chi connectivity index (χ1v) is 12.2. The van der Waals surface area contributed by atoms with Crippen LogP contribution in [0.15, 0.2) is 71.7 Å². The van der Waals surface area contributed by atoms with Crippen molar-refractivity contribution in [3.63, 3.8) is 0 Å². The lowest BCUT2D eigenvalue weighted by molar-refractivity contribution is 0.834. The summed E-state index contributed by atoms with van der Waals surface area (Å²) in [5, 5.41) is 4.75. The number of hydrogen-bond acceptors (Lipinski definition) is 3. The molecule has 3 aromatic carbocycles. The minimum Gasteiger partial charge on any atom is -0.353 e. The molecule has 0 aliphatic heterocycles. The van der Waals surface area contributed by atoms with Crippen molar-refractivity contribution >= 4 is 33.7 Å². The Balaban J connectivity index is 1.81. The van der Waals surface area contributed by atoms with Gasteiger partial charge in [-0.25, -0.2) is 4.98 Å². The van der Waals surface area contributed by atoms with E-state index in [0.29, 0.717) is 11.8 Å². The Bertz CT molecular complexity index is 1320. The second-order valence-electron chi connectivity index (χ2n) is 9.76. The molecule has 1 N–H and O–H groups in total. The molecule has 34 heavy (non-hydrogen) atoms. The minimum atomic E-state index is 0.406. The van der Waals surface area contributed by atoms with Crippen LogP contribution < -0.4 is 5.32 Å². The molecule has 0 spiro atoms. The Morgan fingerprint density at radius 3 is 1.97 bits per heavy atom. The van der Waals surface area contributed by atoms with Gasteiger partial charge in [-0.15, -0.1) is 0 Å². The van der Waals surface area contributed by atoms with Gasteiger partial charge in [-0.3, -0.25) is 4.99 Å². The van der Waals surface area contributed by atoms with Gasteiger partial charge in [0.15, 0.2) is 0 Å². The summed E-state index contributed by atoms with van der Waals surface area (Å²) in [5.41, 5.74) is 11.0. The number of nitrogens with one attached hydrogen (secondary N) is 1. The maximum atomic E-state index is 5.15. The highest BCUT2D eigenvalue weighted by Crippen LogP contribution is 2.35. The van der Waals surface area contributed by atoms with Gasteiger partial charge < -0.3 is 5.32 Å². The molecule has 1 heterocycles. The van der Waals surface area contributed by atoms with Crippen molar-refractivity contribution in [1.82, 2.24) is 4.98 Å². The van der Waals surface area contributed by atoms with Gasteiger partial charge >= 0.3 is 0 Å². The zero-order valence-electron chi connectivity index (χ0n) is 21.4. The third-order valence-electron chi connectivity index (χ3n) is 6.45. The van der Waals surface area contributed by atoms with Crippen LogP contribution in [0.5, 0.6) is 0 Å². The molecule has 0 unspecified atom stereocenters. The molecule has 0 saturated carbocycles. The van der Waals surface area contributed by atoms with Gasteiger partial charge in [-0.2, -0.15) is 0 Å². The molecule has 0 aliphatic carbocycles. The van der Waals surface area contributed by atoms with Crippen LogP contribution in [0.4, 0.5) is 17.1 Å². The molecule has 0 saturated heterocycles. The standard InChI is InChI=1S/C31H35N3/c1-19(2)25-14-10-15-26(20(3)4)31(25)32-23(7)27-18-17-24-13-9-16-28(30(24)33-27)34-29-21(5)11-8-12-22(29)6/h8-20,34H,1-7H3/b32-23+. The van der Waals surface area contributed by atoms with Gasteiger partial charge in [0.25, 0.3) is 0 Å². The average molecular weight is 450 g/mol. The lowest BCUT2D eigenvalue weighted by Crippen LogP contribution is -2.03. The highest BCUT2D eigenvalue weighted by atomic mass is 14.9. The van der Waals surface area contributed by atoms with E-state index in [1.165, 1.54) is 22.3 Å². The predicted molar refractivity (Wildman–Crippen MR) is 147 cm³/mol. The van der Waals surface area contributed by atoms with Gasteiger partial charge in [-0.1, -0.05) is 82.3 Å². The number of anilines is 2. The molecule has 3 heteroatoms. The summed E-state index contributed by atoms with van der Waals surface area (Å²) in [6, 6.07) is 23.4. The zero-order valence-corrected chi connectivity index (χ0v) is 21.4. The van der Waals surface area contributed by atoms with Gasteiger partial charge in [0.05, 0.1) is 28.3 Å². The Hall–Kier alpha value is -3.46. The van der Waals surface area contributed by atoms with Crippen LogP contribution in [0.1, 0.15) is 74.4 Å². The van der Waals surface area contributed by atoms with Crippen LogP contribution in [-0.4, -0.2) is 10.7 Å². The van der Waals surface area contributed by atoms with Crippen molar-refractivity contribution in [3.8, 4) is 0 Å². The minimum absolute atomic E-state index is 0.406. The number of pyridine rings is 1. The average Bonchev–Trinajstić information content (AvgIpc) is 2.81. The number of para-hydroxylation sites is 3. The van der Waals surface area contributed by atoms with Crippen molar-refractivity contribution in [3.05, 3.63) is 94.7 Å². The molecule has 4 rings (SSSR count). The summed E-state index contributed by atoms with van der Waals surface area (Å²) in [6.07, 6.45) is 0. The lowest BCUT2D eigenvalue weighted by atomic mass is 9.93. The van der Waals surface area contributed by atoms with Crippen molar-refractivity contribution in [2.45, 2.75) is 60.3 Å². The highest BCUT2D eigenvalue weighted by Gasteiger charge is 2.15. The number of aliphatic imine (C=N–C) groups is 1. The van der Waals surface area contributed by atoms with Crippen molar-refractivity contribution in [2.75, 3.05) is 5.32 Å². The maximum Gasteiger partial charge on any atom is 0.0944 e. The van der Waals surface area contributed by atoms with E-state index in [4.69, 9.17) is 9.98 Å². The maximum absolute atomic E-state index is 5.15. The summed E-state index contributed by atoms with van der Waals surface area (Å²) in [7, 11) is 0. The summed E-state index contributed by atoms with van der Waals surface area (Å²) in [5.74, 6) is 0.811. The monoisotopic (exact) mass is 449 g/mol. The highest BCUT2D eigenvalue weighted by molar-refractivity contribution is 6.02. The number of benzene rings is 3. The Kier molecular flexibility index (Phi) is 6.83. The number of fused-ring (bicyclic) bond motifs is 1. The molecule has 4 aromatic rings. The number of hydrogen-bond donors (Lipinski definition) is 1. The molecule has 0 fully saturated rings. The summed E-state index contributed by atoms with van der Waals surface area (Å²) < 4.78 is 0. The molecule has 0 radical (unpaired) electrons. The lowest BCUT2D eigenvalue weighted by Gasteiger charge is -2.17. The number of nitrogens with zero attached hydrogens (tertiary/aromatic N) is 2. The van der Waals surface area contributed by atoms with Crippen molar-refractivity contribution in [1.29, 1.82) is 0 Å². The first-order valence-electron chi connectivity index (χ1n) is 12.2. The number of aromatic nitrogens is 1. The molecule has 0 amide bonds. The Morgan fingerprint density at radius 1 is 0.765 bits per heavy atom. The van der Waals surface area contributed by atoms with Gasteiger partial charge in [0.1, 0.15) is 0 Å². The second kappa shape index (κ2) is 9.80. The van der Waals surface area contributed by atoms with Gasteiger partial charge in [-0.05, 0) is 67.0 Å². The van der Waals surface area contributed by atoms with Crippen LogP contribution in [-0.2, 0) is 0 Å². The molecule has 1 aromatic heterocycles. The van der Waals surface area contributed by atoms with Crippen LogP contribution in [0, 0.1) is 13.8 Å². The smallest absolute Gasteiger partial charge is 0.0944 e. The fourth-order valence-electron chi connectivity index (χ4n) is 4.46. The number of rotatable bonds is 6. The van der Waals surface area contributed by atoms with E-state index in [1.54, 1.807) is 0 Å². The van der Waals surface area contributed by atoms with E-state index in [2.05, 4.69) is 121 Å².